The van der Waals surface area contributed by atoms with E-state index in [4.69, 9.17) is 5.73 Å². The second kappa shape index (κ2) is 6.44. The molecule has 116 valence electrons. The van der Waals surface area contributed by atoms with Gasteiger partial charge in [-0.3, -0.25) is 0 Å². The Labute approximate surface area is 137 Å². The second-order valence-electron chi connectivity index (χ2n) is 5.50. The molecule has 0 heterocycles. The van der Waals surface area contributed by atoms with Gasteiger partial charge in [0, 0.05) is 19.8 Å². The summed E-state index contributed by atoms with van der Waals surface area (Å²) in [6.07, 6.45) is 0. The lowest BCUT2D eigenvalue weighted by Crippen LogP contribution is -2.17. The molecule has 0 aliphatic heterocycles. The predicted octanol–water partition coefficient (Wildman–Crippen LogP) is 4.80. The summed E-state index contributed by atoms with van der Waals surface area (Å²) in [4.78, 5) is 4.31. The third kappa shape index (κ3) is 2.99. The second-order valence-corrected chi connectivity index (χ2v) is 5.50. The summed E-state index contributed by atoms with van der Waals surface area (Å²) in [6, 6.07) is 26.6. The number of anilines is 5. The van der Waals surface area contributed by atoms with Crippen LogP contribution in [0.4, 0.5) is 28.4 Å². The minimum Gasteiger partial charge on any atom is -0.397 e. The molecule has 0 saturated heterocycles. The highest BCUT2D eigenvalue weighted by Crippen LogP contribution is 2.37. The molecule has 0 radical (unpaired) electrons. The molecule has 0 spiro atoms. The summed E-state index contributed by atoms with van der Waals surface area (Å²) in [5.41, 5.74) is 11.3. The van der Waals surface area contributed by atoms with Crippen LogP contribution in [-0.2, 0) is 0 Å². The van der Waals surface area contributed by atoms with Crippen LogP contribution in [0, 0.1) is 0 Å². The van der Waals surface area contributed by atoms with Crippen LogP contribution < -0.4 is 15.5 Å². The van der Waals surface area contributed by atoms with Crippen molar-refractivity contribution in [2.24, 2.45) is 0 Å². The zero-order valence-corrected chi connectivity index (χ0v) is 13.5. The normalized spacial score (nSPS) is 10.3. The Morgan fingerprint density at radius 2 is 1.04 bits per heavy atom. The average molecular weight is 303 g/mol. The van der Waals surface area contributed by atoms with E-state index in [-0.39, 0.29) is 0 Å². The number of para-hydroxylation sites is 5. The molecule has 3 rings (SSSR count). The van der Waals surface area contributed by atoms with Crippen molar-refractivity contribution in [1.82, 2.24) is 0 Å². The van der Waals surface area contributed by atoms with E-state index in [0.717, 1.165) is 28.4 Å². The lowest BCUT2D eigenvalue weighted by molar-refractivity contribution is 1.15. The fraction of sp³-hybridized carbons (Fsp3) is 0.100. The highest BCUT2D eigenvalue weighted by Gasteiger charge is 2.14. The van der Waals surface area contributed by atoms with E-state index in [0.29, 0.717) is 0 Å². The van der Waals surface area contributed by atoms with Crippen LogP contribution in [-0.4, -0.2) is 14.1 Å². The van der Waals surface area contributed by atoms with Crippen molar-refractivity contribution in [3.8, 4) is 0 Å². The van der Waals surface area contributed by atoms with Gasteiger partial charge in [0.2, 0.25) is 0 Å². The van der Waals surface area contributed by atoms with Gasteiger partial charge in [0.25, 0.3) is 0 Å². The average Bonchev–Trinajstić information content (AvgIpc) is 2.62. The Balaban J connectivity index is 2.03. The van der Waals surface area contributed by atoms with Crippen LogP contribution in [0.1, 0.15) is 0 Å². The van der Waals surface area contributed by atoms with E-state index in [2.05, 4.69) is 47.2 Å². The van der Waals surface area contributed by atoms with Crippen molar-refractivity contribution in [3.63, 3.8) is 0 Å². The molecular formula is C20H21N3. The first kappa shape index (κ1) is 15.0. The molecule has 0 fully saturated rings. The van der Waals surface area contributed by atoms with Gasteiger partial charge in [0.15, 0.2) is 0 Å². The van der Waals surface area contributed by atoms with Crippen molar-refractivity contribution >= 4 is 28.4 Å². The maximum Gasteiger partial charge on any atom is 0.0649 e. The Morgan fingerprint density at radius 3 is 1.65 bits per heavy atom. The zero-order chi connectivity index (χ0) is 16.2. The zero-order valence-electron chi connectivity index (χ0n) is 13.5. The van der Waals surface area contributed by atoms with E-state index >= 15 is 0 Å². The highest BCUT2D eigenvalue weighted by atomic mass is 15.2. The Kier molecular flexibility index (Phi) is 4.20. The molecule has 0 bridgehead atoms. The van der Waals surface area contributed by atoms with Gasteiger partial charge < -0.3 is 15.5 Å². The predicted molar refractivity (Wildman–Crippen MR) is 99.9 cm³/mol. The van der Waals surface area contributed by atoms with E-state index in [1.807, 2.05) is 55.6 Å². The van der Waals surface area contributed by atoms with Crippen LogP contribution in [0.25, 0.3) is 0 Å². The molecule has 0 atom stereocenters. The standard InChI is InChI=1S/C20H21N3/c1-22(16-10-4-3-5-11-16)19-14-8-9-15-20(19)23(2)18-13-7-6-12-17(18)21/h3-15H,21H2,1-2H3. The molecular weight excluding hydrogens is 282 g/mol. The van der Waals surface area contributed by atoms with Crippen molar-refractivity contribution in [1.29, 1.82) is 0 Å². The Bertz CT molecular complexity index is 784. The summed E-state index contributed by atoms with van der Waals surface area (Å²) in [7, 11) is 4.12. The van der Waals surface area contributed by atoms with Crippen LogP contribution in [0.2, 0.25) is 0 Å². The van der Waals surface area contributed by atoms with Gasteiger partial charge in [0.05, 0.1) is 22.7 Å². The number of benzene rings is 3. The van der Waals surface area contributed by atoms with E-state index in [1.165, 1.54) is 0 Å². The van der Waals surface area contributed by atoms with Crippen molar-refractivity contribution in [2.75, 3.05) is 29.6 Å². The molecule has 3 aromatic rings. The first-order chi connectivity index (χ1) is 11.2. The Hall–Kier alpha value is -2.94. The molecule has 3 aromatic carbocycles. The monoisotopic (exact) mass is 303 g/mol. The van der Waals surface area contributed by atoms with Crippen molar-refractivity contribution in [3.05, 3.63) is 78.9 Å². The number of nitrogens with two attached hydrogens (primary N) is 1. The van der Waals surface area contributed by atoms with Gasteiger partial charge in [-0.05, 0) is 36.4 Å². The maximum absolute atomic E-state index is 6.14. The van der Waals surface area contributed by atoms with Crippen LogP contribution in [0.5, 0.6) is 0 Å². The molecule has 3 heteroatoms. The summed E-state index contributed by atoms with van der Waals surface area (Å²) in [6.45, 7) is 0. The highest BCUT2D eigenvalue weighted by molar-refractivity contribution is 5.84. The molecule has 23 heavy (non-hydrogen) atoms. The van der Waals surface area contributed by atoms with E-state index < -0.39 is 0 Å². The van der Waals surface area contributed by atoms with Crippen molar-refractivity contribution in [2.45, 2.75) is 0 Å². The lowest BCUT2D eigenvalue weighted by Gasteiger charge is -2.28. The smallest absolute Gasteiger partial charge is 0.0649 e. The summed E-state index contributed by atoms with van der Waals surface area (Å²) < 4.78 is 0. The van der Waals surface area contributed by atoms with Crippen molar-refractivity contribution < 1.29 is 0 Å². The number of nitrogens with zero attached hydrogens (tertiary/aromatic N) is 2. The molecule has 0 aromatic heterocycles. The number of hydrogen-bond donors (Lipinski definition) is 1. The van der Waals surface area contributed by atoms with E-state index in [1.54, 1.807) is 0 Å². The number of rotatable bonds is 4. The van der Waals surface area contributed by atoms with Crippen LogP contribution in [0.15, 0.2) is 78.9 Å². The fourth-order valence-electron chi connectivity index (χ4n) is 2.74. The van der Waals surface area contributed by atoms with Gasteiger partial charge in [-0.1, -0.05) is 42.5 Å². The van der Waals surface area contributed by atoms with Gasteiger partial charge >= 0.3 is 0 Å². The Morgan fingerprint density at radius 1 is 0.565 bits per heavy atom. The SMILES string of the molecule is CN(c1ccccc1)c1ccccc1N(C)c1ccccc1N. The molecule has 0 aliphatic carbocycles. The fourth-order valence-corrected chi connectivity index (χ4v) is 2.74. The van der Waals surface area contributed by atoms with Crippen LogP contribution in [0.3, 0.4) is 0 Å². The molecule has 2 N–H and O–H groups in total. The van der Waals surface area contributed by atoms with E-state index in [9.17, 15) is 0 Å². The number of nitrogen functional groups attached to an aromatic ring is 1. The molecule has 0 unspecified atom stereocenters. The molecule has 3 nitrogen and oxygen atoms in total. The van der Waals surface area contributed by atoms with Gasteiger partial charge in [-0.2, -0.15) is 0 Å². The molecule has 0 saturated carbocycles. The lowest BCUT2D eigenvalue weighted by atomic mass is 10.1. The first-order valence-electron chi connectivity index (χ1n) is 7.64. The topological polar surface area (TPSA) is 32.5 Å². The molecule has 0 aliphatic rings. The summed E-state index contributed by atoms with van der Waals surface area (Å²) in [5.74, 6) is 0. The summed E-state index contributed by atoms with van der Waals surface area (Å²) >= 11 is 0. The third-order valence-corrected chi connectivity index (χ3v) is 4.05. The minimum atomic E-state index is 0.771. The van der Waals surface area contributed by atoms with Gasteiger partial charge in [-0.15, -0.1) is 0 Å². The van der Waals surface area contributed by atoms with Gasteiger partial charge in [-0.25, -0.2) is 0 Å². The number of hydrogen-bond acceptors (Lipinski definition) is 3. The quantitative estimate of drug-likeness (QED) is 0.702. The van der Waals surface area contributed by atoms with Gasteiger partial charge in [0.1, 0.15) is 0 Å². The minimum absolute atomic E-state index is 0.771. The maximum atomic E-state index is 6.14. The first-order valence-corrected chi connectivity index (χ1v) is 7.64. The molecule has 0 amide bonds. The summed E-state index contributed by atoms with van der Waals surface area (Å²) in [5, 5.41) is 0. The largest absolute Gasteiger partial charge is 0.397 e. The third-order valence-electron chi connectivity index (χ3n) is 4.05. The van der Waals surface area contributed by atoms with Crippen LogP contribution >= 0.6 is 0 Å².